The van der Waals surface area contributed by atoms with E-state index in [0.717, 1.165) is 5.56 Å². The lowest BCUT2D eigenvalue weighted by atomic mass is 10.2. The molecule has 1 aromatic carbocycles. The second-order valence-corrected chi connectivity index (χ2v) is 5.30. The third-order valence-electron chi connectivity index (χ3n) is 2.12. The molecular weight excluding hydrogens is 297 g/mol. The summed E-state index contributed by atoms with van der Waals surface area (Å²) in [6, 6.07) is 4.26. The van der Waals surface area contributed by atoms with Gasteiger partial charge in [-0.3, -0.25) is 4.79 Å². The minimum atomic E-state index is -1.06. The van der Waals surface area contributed by atoms with Gasteiger partial charge >= 0.3 is 5.97 Å². The van der Waals surface area contributed by atoms with Gasteiger partial charge in [-0.1, -0.05) is 29.3 Å². The van der Waals surface area contributed by atoms with Crippen molar-refractivity contribution in [2.75, 3.05) is 5.75 Å². The first kappa shape index (κ1) is 15.1. The number of carboxylic acid groups (broad SMARTS) is 1. The zero-order valence-electron chi connectivity index (χ0n) is 9.23. The standard InChI is InChI=1S/C11H11Cl2NO3S/c12-8-2-1-7(9(13)3-8)4-18-5-10(11(16)17)14-6-15/h1-3,6,10H,4-5H2,(H,14,15)(H,16,17). The van der Waals surface area contributed by atoms with Gasteiger partial charge in [-0.25, -0.2) is 4.79 Å². The SMILES string of the molecule is O=CNC(CSCc1ccc(Cl)cc1Cl)C(=O)O. The zero-order valence-corrected chi connectivity index (χ0v) is 11.6. The maximum atomic E-state index is 10.8. The third-order valence-corrected chi connectivity index (χ3v) is 3.80. The van der Waals surface area contributed by atoms with E-state index < -0.39 is 12.0 Å². The predicted molar refractivity (Wildman–Crippen MR) is 73.2 cm³/mol. The zero-order chi connectivity index (χ0) is 13.5. The van der Waals surface area contributed by atoms with Gasteiger partial charge in [0.2, 0.25) is 6.41 Å². The van der Waals surface area contributed by atoms with Crippen LogP contribution in [0.4, 0.5) is 0 Å². The van der Waals surface area contributed by atoms with Crippen LogP contribution in [0.5, 0.6) is 0 Å². The number of hydrogen-bond acceptors (Lipinski definition) is 3. The molecule has 18 heavy (non-hydrogen) atoms. The topological polar surface area (TPSA) is 66.4 Å². The first-order chi connectivity index (χ1) is 8.54. The Kier molecular flexibility index (Phi) is 6.32. The van der Waals surface area contributed by atoms with Crippen LogP contribution in [0.15, 0.2) is 18.2 Å². The summed E-state index contributed by atoms with van der Waals surface area (Å²) in [5.41, 5.74) is 0.876. The summed E-state index contributed by atoms with van der Waals surface area (Å²) in [6.45, 7) is 0. The van der Waals surface area contributed by atoms with E-state index in [4.69, 9.17) is 28.3 Å². The van der Waals surface area contributed by atoms with Crippen LogP contribution in [0, 0.1) is 0 Å². The van der Waals surface area contributed by atoms with Gasteiger partial charge in [0.25, 0.3) is 0 Å². The van der Waals surface area contributed by atoms with Crippen molar-refractivity contribution in [1.82, 2.24) is 5.32 Å². The minimum absolute atomic E-state index is 0.271. The Morgan fingerprint density at radius 1 is 1.50 bits per heavy atom. The highest BCUT2D eigenvalue weighted by molar-refractivity contribution is 7.98. The Labute approximate surface area is 119 Å². The van der Waals surface area contributed by atoms with Crippen molar-refractivity contribution in [3.8, 4) is 0 Å². The molecule has 4 nitrogen and oxygen atoms in total. The fraction of sp³-hybridized carbons (Fsp3) is 0.273. The van der Waals surface area contributed by atoms with Gasteiger partial charge in [0.1, 0.15) is 6.04 Å². The number of halogens is 2. The summed E-state index contributed by atoms with van der Waals surface area (Å²) in [5, 5.41) is 12.2. The van der Waals surface area contributed by atoms with Crippen LogP contribution in [-0.4, -0.2) is 29.3 Å². The van der Waals surface area contributed by atoms with E-state index in [-0.39, 0.29) is 5.75 Å². The monoisotopic (exact) mass is 307 g/mol. The second kappa shape index (κ2) is 7.51. The molecule has 2 N–H and O–H groups in total. The minimum Gasteiger partial charge on any atom is -0.480 e. The molecule has 1 aromatic rings. The molecule has 0 saturated heterocycles. The van der Waals surface area contributed by atoms with Crippen molar-refractivity contribution in [3.05, 3.63) is 33.8 Å². The summed E-state index contributed by atoms with van der Waals surface area (Å²) < 4.78 is 0. The largest absolute Gasteiger partial charge is 0.480 e. The highest BCUT2D eigenvalue weighted by Crippen LogP contribution is 2.24. The lowest BCUT2D eigenvalue weighted by molar-refractivity contribution is -0.139. The first-order valence-corrected chi connectivity index (χ1v) is 6.90. The summed E-state index contributed by atoms with van der Waals surface area (Å²) in [7, 11) is 0. The quantitative estimate of drug-likeness (QED) is 0.759. The van der Waals surface area contributed by atoms with Crippen molar-refractivity contribution in [2.45, 2.75) is 11.8 Å². The Morgan fingerprint density at radius 2 is 2.22 bits per heavy atom. The summed E-state index contributed by atoms with van der Waals surface area (Å²) in [4.78, 5) is 21.0. The Hall–Kier alpha value is -0.910. The van der Waals surface area contributed by atoms with Crippen molar-refractivity contribution in [2.24, 2.45) is 0 Å². The molecule has 1 amide bonds. The summed E-state index contributed by atoms with van der Waals surface area (Å²) >= 11 is 13.1. The molecule has 7 heteroatoms. The van der Waals surface area contributed by atoms with E-state index >= 15 is 0 Å². The average Bonchev–Trinajstić information content (AvgIpc) is 2.30. The Morgan fingerprint density at radius 3 is 2.78 bits per heavy atom. The molecule has 98 valence electrons. The normalized spacial score (nSPS) is 11.9. The molecule has 0 saturated carbocycles. The summed E-state index contributed by atoms with van der Waals surface area (Å²) in [6.07, 6.45) is 0.384. The maximum absolute atomic E-state index is 10.8. The lowest BCUT2D eigenvalue weighted by Crippen LogP contribution is -2.37. The van der Waals surface area contributed by atoms with Crippen LogP contribution in [0.3, 0.4) is 0 Å². The smallest absolute Gasteiger partial charge is 0.327 e. The Balaban J connectivity index is 2.49. The number of benzene rings is 1. The molecule has 1 rings (SSSR count). The van der Waals surface area contributed by atoms with E-state index in [2.05, 4.69) is 5.32 Å². The van der Waals surface area contributed by atoms with Crippen LogP contribution >= 0.6 is 35.0 Å². The highest BCUT2D eigenvalue weighted by atomic mass is 35.5. The molecule has 1 atom stereocenters. The molecular formula is C11H11Cl2NO3S. The predicted octanol–water partition coefficient (Wildman–Crippen LogP) is 2.43. The molecule has 0 aliphatic rings. The molecule has 0 spiro atoms. The molecule has 1 unspecified atom stereocenters. The maximum Gasteiger partial charge on any atom is 0.327 e. The molecule has 0 aliphatic heterocycles. The highest BCUT2D eigenvalue weighted by Gasteiger charge is 2.16. The van der Waals surface area contributed by atoms with Crippen LogP contribution in [0.2, 0.25) is 10.0 Å². The van der Waals surface area contributed by atoms with Gasteiger partial charge in [-0.15, -0.1) is 0 Å². The number of carboxylic acids is 1. The number of carbonyl (C=O) groups excluding carboxylic acids is 1. The third kappa shape index (κ3) is 4.76. The van der Waals surface area contributed by atoms with E-state index in [1.54, 1.807) is 18.2 Å². The molecule has 0 radical (unpaired) electrons. The van der Waals surface area contributed by atoms with Gasteiger partial charge in [0, 0.05) is 21.6 Å². The number of hydrogen-bond donors (Lipinski definition) is 2. The molecule has 0 heterocycles. The number of nitrogens with one attached hydrogen (secondary N) is 1. The number of rotatable bonds is 7. The van der Waals surface area contributed by atoms with Crippen LogP contribution in [-0.2, 0) is 15.3 Å². The van der Waals surface area contributed by atoms with Crippen molar-refractivity contribution < 1.29 is 14.7 Å². The van der Waals surface area contributed by atoms with E-state index in [1.807, 2.05) is 0 Å². The first-order valence-electron chi connectivity index (χ1n) is 4.98. The van der Waals surface area contributed by atoms with Gasteiger partial charge in [0.15, 0.2) is 0 Å². The van der Waals surface area contributed by atoms with Crippen molar-refractivity contribution in [3.63, 3.8) is 0 Å². The van der Waals surface area contributed by atoms with E-state index in [1.165, 1.54) is 11.8 Å². The number of carbonyl (C=O) groups is 2. The molecule has 0 aromatic heterocycles. The van der Waals surface area contributed by atoms with E-state index in [0.29, 0.717) is 22.2 Å². The number of amides is 1. The second-order valence-electron chi connectivity index (χ2n) is 3.43. The molecule has 0 aliphatic carbocycles. The molecule has 0 bridgehead atoms. The fourth-order valence-corrected chi connectivity index (χ4v) is 2.82. The fourth-order valence-electron chi connectivity index (χ4n) is 1.20. The van der Waals surface area contributed by atoms with Crippen LogP contribution in [0.25, 0.3) is 0 Å². The van der Waals surface area contributed by atoms with Crippen LogP contribution < -0.4 is 5.32 Å². The Bertz CT molecular complexity index is 442. The van der Waals surface area contributed by atoms with Gasteiger partial charge in [-0.05, 0) is 17.7 Å². The van der Waals surface area contributed by atoms with Crippen molar-refractivity contribution >= 4 is 47.3 Å². The molecule has 0 fully saturated rings. The number of thioether (sulfide) groups is 1. The van der Waals surface area contributed by atoms with Gasteiger partial charge < -0.3 is 10.4 Å². The van der Waals surface area contributed by atoms with Gasteiger partial charge in [-0.2, -0.15) is 11.8 Å². The van der Waals surface area contributed by atoms with Crippen molar-refractivity contribution in [1.29, 1.82) is 0 Å². The van der Waals surface area contributed by atoms with Crippen LogP contribution in [0.1, 0.15) is 5.56 Å². The van der Waals surface area contributed by atoms with E-state index in [9.17, 15) is 9.59 Å². The summed E-state index contributed by atoms with van der Waals surface area (Å²) in [5.74, 6) is -0.232. The number of aliphatic carboxylic acids is 1. The lowest BCUT2D eigenvalue weighted by Gasteiger charge is -2.11. The average molecular weight is 308 g/mol. The van der Waals surface area contributed by atoms with Gasteiger partial charge in [0.05, 0.1) is 0 Å².